The maximum absolute atomic E-state index is 12.8. The van der Waals surface area contributed by atoms with Crippen LogP contribution in [-0.2, 0) is 19.9 Å². The minimum Gasteiger partial charge on any atom is -0.373 e. The molecule has 190 valence electrons. The van der Waals surface area contributed by atoms with E-state index >= 15 is 0 Å². The summed E-state index contributed by atoms with van der Waals surface area (Å²) >= 11 is 0. The van der Waals surface area contributed by atoms with Crippen molar-refractivity contribution < 1.29 is 19.5 Å². The van der Waals surface area contributed by atoms with Gasteiger partial charge in [-0.05, 0) is 69.3 Å². The summed E-state index contributed by atoms with van der Waals surface area (Å²) in [5.41, 5.74) is 2.56. The fourth-order valence-electron chi connectivity index (χ4n) is 6.34. The molecule has 2 amide bonds. The number of ether oxygens (including phenoxy) is 1. The Morgan fingerprint density at radius 3 is 2.38 bits per heavy atom. The summed E-state index contributed by atoms with van der Waals surface area (Å²) in [6.07, 6.45) is 17.8. The van der Waals surface area contributed by atoms with Crippen molar-refractivity contribution in [3.8, 4) is 0 Å². The number of aromatic nitrogens is 1. The number of hydrogen-bond donors (Lipinski definition) is 3. The number of nitrogens with zero attached hydrogens (tertiary/aromatic N) is 1. The van der Waals surface area contributed by atoms with Crippen molar-refractivity contribution in [2.24, 2.45) is 17.8 Å². The molecule has 2 aliphatic carbocycles. The van der Waals surface area contributed by atoms with Crippen LogP contribution in [0.25, 0.3) is 0 Å². The van der Waals surface area contributed by atoms with Gasteiger partial charge in [0.05, 0.1) is 5.60 Å². The molecule has 3 rings (SSSR count). The highest BCUT2D eigenvalue weighted by Gasteiger charge is 2.48. The third kappa shape index (κ3) is 6.79. The maximum atomic E-state index is 12.8. The molecule has 0 aromatic carbocycles. The largest absolute Gasteiger partial charge is 0.373 e. The number of nitrogens with one attached hydrogen (secondary N) is 2. The van der Waals surface area contributed by atoms with E-state index in [0.717, 1.165) is 51.4 Å². The van der Waals surface area contributed by atoms with E-state index in [1.165, 1.54) is 37.7 Å². The molecule has 0 saturated heterocycles. The van der Waals surface area contributed by atoms with Crippen molar-refractivity contribution in [3.05, 3.63) is 30.1 Å². The molecule has 1 atom stereocenters. The van der Waals surface area contributed by atoms with Gasteiger partial charge in [-0.15, -0.1) is 0 Å². The van der Waals surface area contributed by atoms with Gasteiger partial charge in [0.15, 0.2) is 0 Å². The first-order valence-electron chi connectivity index (χ1n) is 13.3. The molecule has 2 saturated carbocycles. The van der Waals surface area contributed by atoms with Crippen LogP contribution < -0.4 is 10.8 Å². The van der Waals surface area contributed by atoms with Crippen LogP contribution in [0.3, 0.4) is 0 Å². The van der Waals surface area contributed by atoms with Gasteiger partial charge in [-0.2, -0.15) is 0 Å². The Bertz CT molecular complexity index is 746. The summed E-state index contributed by atoms with van der Waals surface area (Å²) in [5.74, 6) is 0.840. The topological polar surface area (TPSA) is 101 Å². The molecule has 7 nitrogen and oxygen atoms in total. The first kappa shape index (κ1) is 26.6. The highest BCUT2D eigenvalue weighted by Crippen LogP contribution is 2.51. The van der Waals surface area contributed by atoms with Gasteiger partial charge in [0.25, 0.3) is 0 Å². The average Bonchev–Trinajstić information content (AvgIpc) is 2.90. The van der Waals surface area contributed by atoms with E-state index in [9.17, 15) is 9.59 Å². The lowest BCUT2D eigenvalue weighted by Crippen LogP contribution is -2.47. The second-order valence-corrected chi connectivity index (χ2v) is 10.1. The van der Waals surface area contributed by atoms with Gasteiger partial charge in [0, 0.05) is 44.0 Å². The number of carbonyl (C=O) groups is 2. The smallest absolute Gasteiger partial charge is 0.243 e. The van der Waals surface area contributed by atoms with E-state index in [0.29, 0.717) is 24.8 Å². The van der Waals surface area contributed by atoms with E-state index in [2.05, 4.69) is 16.4 Å². The summed E-state index contributed by atoms with van der Waals surface area (Å²) in [4.78, 5) is 28.2. The number of carbonyl (C=O) groups excluding carboxylic acids is 2. The molecule has 7 heteroatoms. The molecule has 0 spiro atoms. The average molecular weight is 474 g/mol. The Hall–Kier alpha value is -1.99. The predicted octanol–water partition coefficient (Wildman–Crippen LogP) is 4.88. The van der Waals surface area contributed by atoms with Crippen molar-refractivity contribution in [1.29, 1.82) is 0 Å². The molecule has 2 fully saturated rings. The number of amides is 2. The van der Waals surface area contributed by atoms with Crippen LogP contribution in [0.1, 0.15) is 95.5 Å². The number of pyridine rings is 1. The standard InChI is InChI=1S/C27H43N3O4/c1-34-27(22-10-5-4-6-11-22,24-12-9-18-28-20-24)23-16-14-21(15-17-23)26(32)29-19-8-3-2-7-13-25(31)30-33/h9,12,18,20-23,33H,2-8,10-11,13-17,19H2,1H3,(H,29,32)(H,30,31). The normalized spacial score (nSPS) is 23.1. The molecule has 1 aromatic rings. The lowest BCUT2D eigenvalue weighted by Gasteiger charge is -2.49. The van der Waals surface area contributed by atoms with Crippen LogP contribution >= 0.6 is 0 Å². The maximum Gasteiger partial charge on any atom is 0.243 e. The van der Waals surface area contributed by atoms with Crippen LogP contribution in [-0.4, -0.2) is 35.7 Å². The van der Waals surface area contributed by atoms with E-state index < -0.39 is 0 Å². The van der Waals surface area contributed by atoms with Gasteiger partial charge in [-0.25, -0.2) is 5.48 Å². The predicted molar refractivity (Wildman–Crippen MR) is 131 cm³/mol. The zero-order chi connectivity index (χ0) is 24.2. The highest BCUT2D eigenvalue weighted by atomic mass is 16.5. The first-order valence-corrected chi connectivity index (χ1v) is 13.3. The summed E-state index contributed by atoms with van der Waals surface area (Å²) in [6, 6.07) is 4.20. The summed E-state index contributed by atoms with van der Waals surface area (Å²) in [7, 11) is 1.87. The van der Waals surface area contributed by atoms with Crippen molar-refractivity contribution in [2.75, 3.05) is 13.7 Å². The molecule has 0 aliphatic heterocycles. The number of hydrogen-bond acceptors (Lipinski definition) is 5. The number of rotatable bonds is 12. The Balaban J connectivity index is 1.49. The minimum absolute atomic E-state index is 0.0827. The van der Waals surface area contributed by atoms with Crippen LogP contribution in [0.15, 0.2) is 24.5 Å². The Kier molecular flexibility index (Phi) is 10.8. The van der Waals surface area contributed by atoms with Gasteiger partial charge < -0.3 is 10.1 Å². The van der Waals surface area contributed by atoms with Crippen LogP contribution in [0.5, 0.6) is 0 Å². The van der Waals surface area contributed by atoms with E-state index in [-0.39, 0.29) is 23.3 Å². The highest BCUT2D eigenvalue weighted by molar-refractivity contribution is 5.78. The molecule has 34 heavy (non-hydrogen) atoms. The monoisotopic (exact) mass is 473 g/mol. The van der Waals surface area contributed by atoms with Crippen molar-refractivity contribution in [1.82, 2.24) is 15.8 Å². The SMILES string of the molecule is COC(c1cccnc1)(C1CCCCC1)C1CCC(C(=O)NCCCCCCC(=O)NO)CC1. The molecule has 1 aromatic heterocycles. The molecular weight excluding hydrogens is 430 g/mol. The van der Waals surface area contributed by atoms with Crippen LogP contribution in [0.2, 0.25) is 0 Å². The van der Waals surface area contributed by atoms with E-state index in [1.807, 2.05) is 25.6 Å². The first-order chi connectivity index (χ1) is 16.6. The second-order valence-electron chi connectivity index (χ2n) is 10.1. The number of unbranched alkanes of at least 4 members (excludes halogenated alkanes) is 3. The quantitative estimate of drug-likeness (QED) is 0.228. The van der Waals surface area contributed by atoms with Gasteiger partial charge in [0.2, 0.25) is 11.8 Å². The van der Waals surface area contributed by atoms with Gasteiger partial charge in [-0.3, -0.25) is 19.8 Å². The van der Waals surface area contributed by atoms with Gasteiger partial charge in [-0.1, -0.05) is 38.2 Å². The fourth-order valence-corrected chi connectivity index (χ4v) is 6.34. The van der Waals surface area contributed by atoms with Crippen molar-refractivity contribution >= 4 is 11.8 Å². The molecule has 0 radical (unpaired) electrons. The van der Waals surface area contributed by atoms with E-state index in [1.54, 1.807) is 5.48 Å². The summed E-state index contributed by atoms with van der Waals surface area (Å²) in [6.45, 7) is 0.685. The lowest BCUT2D eigenvalue weighted by atomic mass is 9.62. The van der Waals surface area contributed by atoms with Crippen LogP contribution in [0.4, 0.5) is 0 Å². The summed E-state index contributed by atoms with van der Waals surface area (Å²) < 4.78 is 6.45. The second kappa shape index (κ2) is 13.8. The zero-order valence-corrected chi connectivity index (χ0v) is 20.8. The third-order valence-corrected chi connectivity index (χ3v) is 8.12. The van der Waals surface area contributed by atoms with Gasteiger partial charge >= 0.3 is 0 Å². The van der Waals surface area contributed by atoms with Crippen molar-refractivity contribution in [3.63, 3.8) is 0 Å². The van der Waals surface area contributed by atoms with Crippen molar-refractivity contribution in [2.45, 2.75) is 95.5 Å². The van der Waals surface area contributed by atoms with Crippen LogP contribution in [0, 0.1) is 17.8 Å². The van der Waals surface area contributed by atoms with E-state index in [4.69, 9.17) is 9.94 Å². The third-order valence-electron chi connectivity index (χ3n) is 8.12. The zero-order valence-electron chi connectivity index (χ0n) is 20.8. The molecule has 2 aliphatic rings. The molecular formula is C27H43N3O4. The minimum atomic E-state index is -0.339. The van der Waals surface area contributed by atoms with Gasteiger partial charge in [0.1, 0.15) is 0 Å². The molecule has 3 N–H and O–H groups in total. The molecule has 0 bridgehead atoms. The number of methoxy groups -OCH3 is 1. The fraction of sp³-hybridized carbons (Fsp3) is 0.741. The molecule has 1 heterocycles. The summed E-state index contributed by atoms with van der Waals surface area (Å²) in [5, 5.41) is 11.6. The Morgan fingerprint density at radius 1 is 1.03 bits per heavy atom. The molecule has 1 unspecified atom stereocenters. The Morgan fingerprint density at radius 2 is 1.74 bits per heavy atom. The Labute approximate surface area is 204 Å². The number of hydroxylamine groups is 1. The lowest BCUT2D eigenvalue weighted by molar-refractivity contribution is -0.139.